The maximum Gasteiger partial charge on any atom is 0.326 e. The van der Waals surface area contributed by atoms with Crippen LogP contribution >= 0.6 is 0 Å². The van der Waals surface area contributed by atoms with E-state index in [1.165, 1.54) is 6.92 Å². The van der Waals surface area contributed by atoms with Crippen molar-refractivity contribution in [1.29, 1.82) is 0 Å². The molecular weight excluding hydrogens is 452 g/mol. The number of carbonyl (C=O) groups is 5. The largest absolute Gasteiger partial charge is 0.481 e. The molecule has 12 N–H and O–H groups in total. The van der Waals surface area contributed by atoms with Gasteiger partial charge in [-0.15, -0.1) is 0 Å². The Bertz CT molecular complexity index is 690. The summed E-state index contributed by atoms with van der Waals surface area (Å²) in [6, 6.07) is -5.34. The Hall–Kier alpha value is -2.81. The lowest BCUT2D eigenvalue weighted by atomic mass is 10.0. The van der Waals surface area contributed by atoms with E-state index in [1.807, 2.05) is 0 Å². The molecule has 3 amide bonds. The molecule has 0 fully saturated rings. The Labute approximate surface area is 198 Å². The van der Waals surface area contributed by atoms with Crippen molar-refractivity contribution in [3.63, 3.8) is 0 Å². The van der Waals surface area contributed by atoms with Gasteiger partial charge >= 0.3 is 11.9 Å². The van der Waals surface area contributed by atoms with Gasteiger partial charge in [0.1, 0.15) is 18.1 Å². The van der Waals surface area contributed by atoms with Crippen LogP contribution in [0, 0.1) is 0 Å². The minimum Gasteiger partial charge on any atom is -0.481 e. The Morgan fingerprint density at radius 1 is 0.765 bits per heavy atom. The van der Waals surface area contributed by atoms with E-state index in [2.05, 4.69) is 16.0 Å². The molecule has 0 aromatic heterocycles. The summed E-state index contributed by atoms with van der Waals surface area (Å²) in [5.74, 6) is -5.20. The molecule has 196 valence electrons. The van der Waals surface area contributed by atoms with Crippen LogP contribution in [0.2, 0.25) is 0 Å². The number of carbonyl (C=O) groups excluding carboxylic acids is 3. The summed E-state index contributed by atoms with van der Waals surface area (Å²) in [4.78, 5) is 59.9. The lowest BCUT2D eigenvalue weighted by Crippen LogP contribution is -2.59. The van der Waals surface area contributed by atoms with Crippen LogP contribution in [0.3, 0.4) is 0 Å². The zero-order valence-corrected chi connectivity index (χ0v) is 19.4. The van der Waals surface area contributed by atoms with Gasteiger partial charge in [0.05, 0.1) is 18.6 Å². The molecule has 14 nitrogen and oxygen atoms in total. The van der Waals surface area contributed by atoms with Crippen molar-refractivity contribution >= 4 is 29.7 Å². The Morgan fingerprint density at radius 2 is 1.26 bits per heavy atom. The number of nitrogens with one attached hydrogen (secondary N) is 3. The highest BCUT2D eigenvalue weighted by Crippen LogP contribution is 2.06. The third kappa shape index (κ3) is 12.4. The van der Waals surface area contributed by atoms with E-state index in [1.54, 1.807) is 0 Å². The summed E-state index contributed by atoms with van der Waals surface area (Å²) in [5.41, 5.74) is 16.4. The van der Waals surface area contributed by atoms with Crippen molar-refractivity contribution in [2.24, 2.45) is 17.2 Å². The summed E-state index contributed by atoms with van der Waals surface area (Å²) < 4.78 is 0. The SMILES string of the molecule is CC(O)C(NC(=O)C(N)CC(=O)O)C(=O)NC(CCCCN)C(=O)NC(CCCCN)C(=O)O. The molecule has 14 heteroatoms. The number of hydrogen-bond donors (Lipinski definition) is 9. The zero-order chi connectivity index (χ0) is 26.3. The predicted octanol–water partition coefficient (Wildman–Crippen LogP) is -3.03. The first-order chi connectivity index (χ1) is 15.9. The second kappa shape index (κ2) is 16.7. The van der Waals surface area contributed by atoms with Gasteiger partial charge < -0.3 is 48.5 Å². The quantitative estimate of drug-likeness (QED) is 0.0872. The summed E-state index contributed by atoms with van der Waals surface area (Å²) in [6.07, 6.45) is 0.217. The third-order valence-electron chi connectivity index (χ3n) is 4.94. The highest BCUT2D eigenvalue weighted by molar-refractivity contribution is 5.95. The van der Waals surface area contributed by atoms with Gasteiger partial charge in [0, 0.05) is 0 Å². The lowest BCUT2D eigenvalue weighted by molar-refractivity contribution is -0.142. The fourth-order valence-corrected chi connectivity index (χ4v) is 2.99. The molecule has 0 radical (unpaired) electrons. The van der Waals surface area contributed by atoms with E-state index in [9.17, 15) is 34.2 Å². The third-order valence-corrected chi connectivity index (χ3v) is 4.94. The van der Waals surface area contributed by atoms with E-state index in [0.29, 0.717) is 38.8 Å². The number of carboxylic acid groups (broad SMARTS) is 2. The van der Waals surface area contributed by atoms with Crippen molar-refractivity contribution in [2.45, 2.75) is 82.1 Å². The maximum atomic E-state index is 12.8. The van der Waals surface area contributed by atoms with Crippen LogP contribution in [-0.2, 0) is 24.0 Å². The molecule has 0 aromatic rings. The van der Waals surface area contributed by atoms with Gasteiger partial charge in [-0.05, 0) is 58.5 Å². The van der Waals surface area contributed by atoms with Gasteiger partial charge in [-0.1, -0.05) is 0 Å². The Kier molecular flexibility index (Phi) is 15.4. The fraction of sp³-hybridized carbons (Fsp3) is 0.750. The smallest absolute Gasteiger partial charge is 0.326 e. The normalized spacial score (nSPS) is 15.3. The second-order valence-corrected chi connectivity index (χ2v) is 7.96. The van der Waals surface area contributed by atoms with E-state index in [-0.39, 0.29) is 12.8 Å². The number of amides is 3. The van der Waals surface area contributed by atoms with Crippen LogP contribution in [0.25, 0.3) is 0 Å². The summed E-state index contributed by atoms with van der Waals surface area (Å²) in [7, 11) is 0. The average molecular weight is 491 g/mol. The molecule has 0 bridgehead atoms. The van der Waals surface area contributed by atoms with E-state index >= 15 is 0 Å². The van der Waals surface area contributed by atoms with Crippen LogP contribution < -0.4 is 33.2 Å². The van der Waals surface area contributed by atoms with Crippen LogP contribution in [0.4, 0.5) is 0 Å². The highest BCUT2D eigenvalue weighted by Gasteiger charge is 2.32. The van der Waals surface area contributed by atoms with Crippen LogP contribution in [-0.4, -0.2) is 88.3 Å². The van der Waals surface area contributed by atoms with Gasteiger partial charge in [0.2, 0.25) is 17.7 Å². The first kappa shape index (κ1) is 31.2. The first-order valence-corrected chi connectivity index (χ1v) is 11.1. The number of unbranched alkanes of at least 4 members (excludes halogenated alkanes) is 2. The minimum absolute atomic E-state index is 0.128. The molecule has 0 rings (SSSR count). The number of aliphatic hydroxyl groups excluding tert-OH is 1. The number of rotatable bonds is 18. The van der Waals surface area contributed by atoms with Crippen molar-refractivity contribution in [1.82, 2.24) is 16.0 Å². The number of aliphatic carboxylic acids is 2. The van der Waals surface area contributed by atoms with Crippen LogP contribution in [0.1, 0.15) is 51.9 Å². The molecule has 0 saturated carbocycles. The number of carboxylic acids is 2. The summed E-state index contributed by atoms with van der Waals surface area (Å²) in [6.45, 7) is 1.93. The monoisotopic (exact) mass is 490 g/mol. The number of hydrogen-bond acceptors (Lipinski definition) is 9. The van der Waals surface area contributed by atoms with Gasteiger partial charge in [-0.25, -0.2) is 4.79 Å². The van der Waals surface area contributed by atoms with Gasteiger partial charge in [0.15, 0.2) is 0 Å². The predicted molar refractivity (Wildman–Crippen MR) is 121 cm³/mol. The van der Waals surface area contributed by atoms with Gasteiger partial charge in [-0.2, -0.15) is 0 Å². The maximum absolute atomic E-state index is 12.8. The molecule has 34 heavy (non-hydrogen) atoms. The highest BCUT2D eigenvalue weighted by atomic mass is 16.4. The molecule has 0 saturated heterocycles. The molecule has 0 aliphatic carbocycles. The first-order valence-electron chi connectivity index (χ1n) is 11.1. The topological polar surface area (TPSA) is 260 Å². The van der Waals surface area contributed by atoms with Crippen LogP contribution in [0.15, 0.2) is 0 Å². The molecule has 0 aromatic carbocycles. The van der Waals surface area contributed by atoms with Crippen molar-refractivity contribution < 1.29 is 39.3 Å². The van der Waals surface area contributed by atoms with Crippen molar-refractivity contribution in [3.05, 3.63) is 0 Å². The Balaban J connectivity index is 5.40. The zero-order valence-electron chi connectivity index (χ0n) is 19.4. The molecule has 5 atom stereocenters. The van der Waals surface area contributed by atoms with Crippen molar-refractivity contribution in [3.8, 4) is 0 Å². The standard InChI is InChI=1S/C20H38N6O8/c1-11(27)16(26-17(30)12(23)10-15(28)29)19(32)24-13(6-2-4-8-21)18(31)25-14(20(33)34)7-3-5-9-22/h11-14,16,27H,2-10,21-23H2,1H3,(H,24,32)(H,25,31)(H,26,30)(H,28,29)(H,33,34). The molecular formula is C20H38N6O8. The average Bonchev–Trinajstić information content (AvgIpc) is 2.74. The van der Waals surface area contributed by atoms with Gasteiger partial charge in [0.25, 0.3) is 0 Å². The number of aliphatic hydroxyl groups is 1. The molecule has 0 aliphatic rings. The lowest BCUT2D eigenvalue weighted by Gasteiger charge is -2.26. The molecule has 0 spiro atoms. The molecule has 5 unspecified atom stereocenters. The number of nitrogens with two attached hydrogens (primary N) is 3. The minimum atomic E-state index is -1.53. The van der Waals surface area contributed by atoms with Gasteiger partial charge in [-0.3, -0.25) is 19.2 Å². The summed E-state index contributed by atoms with van der Waals surface area (Å²) in [5, 5.41) is 35.1. The van der Waals surface area contributed by atoms with Crippen molar-refractivity contribution in [2.75, 3.05) is 13.1 Å². The van der Waals surface area contributed by atoms with E-state index < -0.39 is 66.4 Å². The second-order valence-electron chi connectivity index (χ2n) is 7.96. The Morgan fingerprint density at radius 3 is 1.71 bits per heavy atom. The molecule has 0 heterocycles. The fourth-order valence-electron chi connectivity index (χ4n) is 2.99. The van der Waals surface area contributed by atoms with E-state index in [0.717, 1.165) is 0 Å². The summed E-state index contributed by atoms with van der Waals surface area (Å²) >= 11 is 0. The molecule has 0 aliphatic heterocycles. The van der Waals surface area contributed by atoms with Crippen LogP contribution in [0.5, 0.6) is 0 Å². The van der Waals surface area contributed by atoms with E-state index in [4.69, 9.17) is 22.3 Å².